The summed E-state index contributed by atoms with van der Waals surface area (Å²) in [4.78, 5) is 26.9. The second kappa shape index (κ2) is 9.78. The Morgan fingerprint density at radius 1 is 1.03 bits per heavy atom. The minimum atomic E-state index is -0.750. The number of hydrogen-bond donors (Lipinski definition) is 2. The van der Waals surface area contributed by atoms with Crippen molar-refractivity contribution in [2.75, 3.05) is 10.2 Å². The lowest BCUT2D eigenvalue weighted by Gasteiger charge is -2.35. The molecule has 0 bridgehead atoms. The Labute approximate surface area is 221 Å². The molecule has 0 unspecified atom stereocenters. The lowest BCUT2D eigenvalue weighted by atomic mass is 9.86. The minimum Gasteiger partial charge on any atom is -0.346 e. The Kier molecular flexibility index (Phi) is 7.15. The van der Waals surface area contributed by atoms with Crippen molar-refractivity contribution in [1.29, 1.82) is 0 Å². The molecule has 3 amide bonds. The minimum absolute atomic E-state index is 0.161. The summed E-state index contributed by atoms with van der Waals surface area (Å²) in [6.07, 6.45) is 0. The molecular weight excluding hydrogens is 561 g/mol. The van der Waals surface area contributed by atoms with Crippen molar-refractivity contribution in [3.8, 4) is 11.1 Å². The summed E-state index contributed by atoms with van der Waals surface area (Å²) in [5, 5.41) is 7.36. The lowest BCUT2D eigenvalue weighted by molar-refractivity contribution is -0.120. The highest BCUT2D eigenvalue weighted by Crippen LogP contribution is 2.45. The third-order valence-corrected chi connectivity index (χ3v) is 7.16. The number of alkyl halides is 1. The van der Waals surface area contributed by atoms with Crippen LogP contribution in [0.2, 0.25) is 15.1 Å². The number of para-hydroxylation sites is 1. The van der Waals surface area contributed by atoms with Gasteiger partial charge in [0.1, 0.15) is 0 Å². The number of hydrogen-bond acceptors (Lipinski definition) is 2. The first kappa shape index (κ1) is 24.9. The highest BCUT2D eigenvalue weighted by Gasteiger charge is 2.33. The average Bonchev–Trinajstić information content (AvgIpc) is 2.79. The van der Waals surface area contributed by atoms with Crippen molar-refractivity contribution in [3.63, 3.8) is 0 Å². The predicted molar refractivity (Wildman–Crippen MR) is 143 cm³/mol. The maximum absolute atomic E-state index is 13.2. The van der Waals surface area contributed by atoms with Gasteiger partial charge in [-0.3, -0.25) is 9.69 Å². The van der Waals surface area contributed by atoms with Gasteiger partial charge in [0.2, 0.25) is 5.91 Å². The van der Waals surface area contributed by atoms with E-state index in [2.05, 4.69) is 26.6 Å². The fourth-order valence-corrected chi connectivity index (χ4v) is 5.00. The molecule has 34 heavy (non-hydrogen) atoms. The van der Waals surface area contributed by atoms with Crippen LogP contribution in [0.5, 0.6) is 0 Å². The number of carbonyl (C=O) groups is 2. The van der Waals surface area contributed by atoms with E-state index in [1.54, 1.807) is 18.2 Å². The van der Waals surface area contributed by atoms with E-state index in [0.29, 0.717) is 33.0 Å². The Morgan fingerprint density at radius 3 is 2.32 bits per heavy atom. The van der Waals surface area contributed by atoms with E-state index in [9.17, 15) is 9.59 Å². The van der Waals surface area contributed by atoms with Crippen LogP contribution in [0, 0.1) is 0 Å². The topological polar surface area (TPSA) is 61.4 Å². The zero-order valence-corrected chi connectivity index (χ0v) is 22.2. The van der Waals surface area contributed by atoms with Crippen molar-refractivity contribution in [2.24, 2.45) is 0 Å². The Balaban J connectivity index is 2.02. The summed E-state index contributed by atoms with van der Waals surface area (Å²) in [7, 11) is 0. The maximum Gasteiger partial charge on any atom is 0.326 e. The van der Waals surface area contributed by atoms with Crippen LogP contribution in [-0.2, 0) is 16.9 Å². The summed E-state index contributed by atoms with van der Waals surface area (Å²) in [6, 6.07) is 16.1. The molecule has 9 heteroatoms. The molecule has 0 saturated heterocycles. The molecule has 0 fully saturated rings. The Hall–Kier alpha value is -2.25. The number of fused-ring (bicyclic) bond motifs is 1. The van der Waals surface area contributed by atoms with Crippen molar-refractivity contribution < 1.29 is 9.59 Å². The highest BCUT2D eigenvalue weighted by molar-refractivity contribution is 9.09. The molecule has 0 aliphatic carbocycles. The molecule has 0 radical (unpaired) electrons. The van der Waals surface area contributed by atoms with Crippen LogP contribution in [0.3, 0.4) is 0 Å². The second-order valence-corrected chi connectivity index (χ2v) is 10.2. The molecule has 0 spiro atoms. The van der Waals surface area contributed by atoms with E-state index in [4.69, 9.17) is 34.8 Å². The van der Waals surface area contributed by atoms with Gasteiger partial charge in [0, 0.05) is 22.7 Å². The Morgan fingerprint density at radius 2 is 1.68 bits per heavy atom. The number of anilines is 2. The van der Waals surface area contributed by atoms with Gasteiger partial charge < -0.3 is 10.6 Å². The fraction of sp³-hybridized carbons (Fsp3) is 0.200. The normalized spacial score (nSPS) is 13.4. The van der Waals surface area contributed by atoms with Gasteiger partial charge in [0.15, 0.2) is 0 Å². The van der Waals surface area contributed by atoms with Crippen LogP contribution in [0.1, 0.15) is 25.0 Å². The molecule has 0 saturated carbocycles. The van der Waals surface area contributed by atoms with Crippen molar-refractivity contribution >= 4 is 74.0 Å². The molecule has 1 aliphatic rings. The number of rotatable bonds is 5. The van der Waals surface area contributed by atoms with Gasteiger partial charge >= 0.3 is 6.03 Å². The Bertz CT molecular complexity index is 1280. The fourth-order valence-electron chi connectivity index (χ4n) is 4.05. The smallest absolute Gasteiger partial charge is 0.326 e. The molecule has 1 aliphatic heterocycles. The van der Waals surface area contributed by atoms with Crippen molar-refractivity contribution in [3.05, 3.63) is 80.8 Å². The SMILES string of the molecule is CC(C)(NC(=O)CBr)c1cc(-c2ccccc2Cl)c2c(c1)N(c1c(Cl)cccc1Cl)C(=O)NC2. The van der Waals surface area contributed by atoms with Crippen LogP contribution < -0.4 is 15.5 Å². The predicted octanol–water partition coefficient (Wildman–Crippen LogP) is 7.42. The monoisotopic (exact) mass is 579 g/mol. The van der Waals surface area contributed by atoms with E-state index in [1.807, 2.05) is 50.2 Å². The number of amides is 3. The zero-order valence-electron chi connectivity index (χ0n) is 18.4. The van der Waals surface area contributed by atoms with Crippen molar-refractivity contribution in [2.45, 2.75) is 25.9 Å². The molecule has 4 rings (SSSR count). The first-order valence-corrected chi connectivity index (χ1v) is 12.7. The summed E-state index contributed by atoms with van der Waals surface area (Å²) < 4.78 is 0. The van der Waals surface area contributed by atoms with Gasteiger partial charge in [-0.2, -0.15) is 0 Å². The highest BCUT2D eigenvalue weighted by atomic mass is 79.9. The van der Waals surface area contributed by atoms with Gasteiger partial charge in [-0.05, 0) is 55.3 Å². The molecule has 0 atom stereocenters. The van der Waals surface area contributed by atoms with E-state index < -0.39 is 5.54 Å². The summed E-state index contributed by atoms with van der Waals surface area (Å²) >= 11 is 22.8. The number of urea groups is 1. The van der Waals surface area contributed by atoms with Crippen LogP contribution in [0.4, 0.5) is 16.2 Å². The number of nitrogens with one attached hydrogen (secondary N) is 2. The largest absolute Gasteiger partial charge is 0.346 e. The maximum atomic E-state index is 13.2. The third kappa shape index (κ3) is 4.65. The first-order valence-electron chi connectivity index (χ1n) is 10.5. The van der Waals surface area contributed by atoms with Gasteiger partial charge in [0.25, 0.3) is 0 Å². The second-order valence-electron chi connectivity index (χ2n) is 8.37. The zero-order chi connectivity index (χ0) is 24.6. The number of halogens is 4. The van der Waals surface area contributed by atoms with Crippen LogP contribution in [0.15, 0.2) is 54.6 Å². The van der Waals surface area contributed by atoms with E-state index >= 15 is 0 Å². The molecule has 0 aromatic heterocycles. The van der Waals surface area contributed by atoms with Gasteiger partial charge in [-0.1, -0.05) is 75.0 Å². The summed E-state index contributed by atoms with van der Waals surface area (Å²) in [5.41, 5.74) is 3.55. The standard InChI is InChI=1S/C25H21BrCl3N3O2/c1-25(2,31-22(33)12-26)14-10-16(15-6-3-4-7-18(15)27)17-13-30-24(34)32(21(17)11-14)23-19(28)8-5-9-20(23)29/h3-11H,12-13H2,1-2H3,(H,30,34)(H,31,33). The molecule has 2 N–H and O–H groups in total. The molecule has 176 valence electrons. The van der Waals surface area contributed by atoms with Gasteiger partial charge in [-0.15, -0.1) is 0 Å². The molecule has 1 heterocycles. The van der Waals surface area contributed by atoms with E-state index in [1.165, 1.54) is 4.90 Å². The van der Waals surface area contributed by atoms with E-state index in [-0.39, 0.29) is 17.3 Å². The van der Waals surface area contributed by atoms with Crippen LogP contribution in [-0.4, -0.2) is 17.3 Å². The quantitative estimate of drug-likeness (QED) is 0.308. The van der Waals surface area contributed by atoms with E-state index in [0.717, 1.165) is 22.3 Å². The summed E-state index contributed by atoms with van der Waals surface area (Å²) in [5.74, 6) is -0.161. The molecular formula is C25H21BrCl3N3O2. The summed E-state index contributed by atoms with van der Waals surface area (Å²) in [6.45, 7) is 4.10. The van der Waals surface area contributed by atoms with Gasteiger partial charge in [0.05, 0.1) is 32.3 Å². The first-order chi connectivity index (χ1) is 16.1. The number of carbonyl (C=O) groups excluding carboxylic acids is 2. The van der Waals surface area contributed by atoms with Crippen LogP contribution in [0.25, 0.3) is 11.1 Å². The number of benzene rings is 3. The van der Waals surface area contributed by atoms with Gasteiger partial charge in [-0.25, -0.2) is 4.79 Å². The van der Waals surface area contributed by atoms with Crippen molar-refractivity contribution in [1.82, 2.24) is 10.6 Å². The molecule has 5 nitrogen and oxygen atoms in total. The lowest BCUT2D eigenvalue weighted by Crippen LogP contribution is -2.44. The molecule has 3 aromatic carbocycles. The average molecular weight is 582 g/mol. The molecule has 3 aromatic rings. The number of nitrogens with zero attached hydrogens (tertiary/aromatic N) is 1. The third-order valence-electron chi connectivity index (χ3n) is 5.71. The van der Waals surface area contributed by atoms with Crippen LogP contribution >= 0.6 is 50.7 Å².